The highest BCUT2D eigenvalue weighted by atomic mass is 32.3. The van der Waals surface area contributed by atoms with Crippen molar-refractivity contribution >= 4 is 19.7 Å². The van der Waals surface area contributed by atoms with Crippen molar-refractivity contribution in [2.24, 2.45) is 0 Å². The zero-order valence-corrected chi connectivity index (χ0v) is 29.8. The highest BCUT2D eigenvalue weighted by Gasteiger charge is 2.26. The molecule has 0 aromatic heterocycles. The van der Waals surface area contributed by atoms with E-state index in [-0.39, 0.29) is 9.79 Å². The van der Waals surface area contributed by atoms with Crippen LogP contribution < -0.4 is 9.47 Å². The van der Waals surface area contributed by atoms with Crippen LogP contribution in [0.3, 0.4) is 0 Å². The molecule has 256 valence electrons. The van der Waals surface area contributed by atoms with E-state index in [1.807, 2.05) is 0 Å². The number of hydrogen-bond donors (Lipinski definition) is 0. The molecule has 0 aliphatic rings. The summed E-state index contributed by atoms with van der Waals surface area (Å²) in [6.07, 6.45) is 25.0. The van der Waals surface area contributed by atoms with Crippen LogP contribution in [-0.4, -0.2) is 35.1 Å². The van der Waals surface area contributed by atoms with Crippen LogP contribution in [0.15, 0.2) is 58.3 Å². The average Bonchev–Trinajstić information content (AvgIpc) is 3.02. The summed E-state index contributed by atoms with van der Waals surface area (Å²) in [7, 11) is -8.09. The van der Waals surface area contributed by atoms with E-state index in [1.165, 1.54) is 127 Å². The summed E-state index contributed by atoms with van der Waals surface area (Å²) in [4.78, 5) is -0.0670. The predicted molar refractivity (Wildman–Crippen MR) is 187 cm³/mol. The monoisotopic (exact) mass is 664 g/mol. The highest BCUT2D eigenvalue weighted by Crippen LogP contribution is 2.23. The number of benzene rings is 2. The number of hydrogen-bond acceptors (Lipinski definition) is 6. The Hall–Kier alpha value is -2.06. The molecule has 8 heteroatoms. The molecule has 0 amide bonds. The van der Waals surface area contributed by atoms with Crippen LogP contribution in [0.1, 0.15) is 142 Å². The molecule has 0 aliphatic carbocycles. The van der Waals surface area contributed by atoms with Crippen LogP contribution in [0, 0.1) is 0 Å². The van der Waals surface area contributed by atoms with Gasteiger partial charge in [-0.1, -0.05) is 129 Å². The topological polar surface area (TPSA) is 86.7 Å². The van der Waals surface area contributed by atoms with Gasteiger partial charge in [-0.3, -0.25) is 0 Å². The SMILES string of the molecule is CCCCCCCCCCCCOc1ccc(S(=O)(=O)CS(=O)(=O)c2ccc(OCCCCCCCCCCCC)cc2)cc1. The Kier molecular flexibility index (Phi) is 20.2. The van der Waals surface area contributed by atoms with Crippen molar-refractivity contribution < 1.29 is 26.3 Å². The van der Waals surface area contributed by atoms with E-state index in [1.54, 1.807) is 24.3 Å². The fourth-order valence-electron chi connectivity index (χ4n) is 5.39. The van der Waals surface area contributed by atoms with Gasteiger partial charge in [-0.05, 0) is 61.4 Å². The molecule has 0 unspecified atom stereocenters. The van der Waals surface area contributed by atoms with Crippen molar-refractivity contribution in [1.29, 1.82) is 0 Å². The summed E-state index contributed by atoms with van der Waals surface area (Å²) in [5.41, 5.74) is 0. The molecule has 0 bridgehead atoms. The molecule has 0 N–H and O–H groups in total. The molecule has 0 saturated carbocycles. The maximum absolute atomic E-state index is 12.9. The minimum atomic E-state index is -4.05. The Labute approximate surface area is 275 Å². The van der Waals surface area contributed by atoms with Gasteiger partial charge in [-0.2, -0.15) is 0 Å². The molecule has 6 nitrogen and oxygen atoms in total. The van der Waals surface area contributed by atoms with Crippen LogP contribution in [0.5, 0.6) is 11.5 Å². The van der Waals surface area contributed by atoms with Gasteiger partial charge in [0, 0.05) is 0 Å². The zero-order chi connectivity index (χ0) is 32.6. The minimum Gasteiger partial charge on any atom is -0.494 e. The van der Waals surface area contributed by atoms with Crippen LogP contribution in [0.2, 0.25) is 0 Å². The number of rotatable bonds is 28. The van der Waals surface area contributed by atoms with Crippen molar-refractivity contribution in [3.8, 4) is 11.5 Å². The molecule has 45 heavy (non-hydrogen) atoms. The van der Waals surface area contributed by atoms with E-state index in [9.17, 15) is 16.8 Å². The van der Waals surface area contributed by atoms with Gasteiger partial charge in [0.2, 0.25) is 0 Å². The summed E-state index contributed by atoms with van der Waals surface area (Å²) in [5, 5.41) is -0.988. The van der Waals surface area contributed by atoms with E-state index >= 15 is 0 Å². The molecule has 2 aromatic rings. The van der Waals surface area contributed by atoms with Crippen molar-refractivity contribution in [2.75, 3.05) is 18.3 Å². The first-order chi connectivity index (χ1) is 21.8. The van der Waals surface area contributed by atoms with E-state index < -0.39 is 24.8 Å². The third-order valence-corrected chi connectivity index (χ3v) is 12.7. The van der Waals surface area contributed by atoms with Crippen LogP contribution in [-0.2, 0) is 19.7 Å². The standard InChI is InChI=1S/C37H60O6S2/c1-3-5-7-9-11-13-15-17-19-21-31-42-34-23-27-36(28-24-34)44(38,39)33-45(40,41)37-29-25-35(26-30-37)43-32-22-20-18-16-14-12-10-8-6-4-2/h23-30H,3-22,31-33H2,1-2H3. The third-order valence-electron chi connectivity index (χ3n) is 8.21. The van der Waals surface area contributed by atoms with E-state index in [4.69, 9.17) is 9.47 Å². The van der Waals surface area contributed by atoms with Crippen LogP contribution >= 0.6 is 0 Å². The van der Waals surface area contributed by atoms with Crippen molar-refractivity contribution in [2.45, 2.75) is 152 Å². The molecular weight excluding hydrogens is 605 g/mol. The molecule has 2 aromatic carbocycles. The Morgan fingerprint density at radius 1 is 0.400 bits per heavy atom. The van der Waals surface area contributed by atoms with E-state index in [0.29, 0.717) is 24.7 Å². The summed E-state index contributed by atoms with van der Waals surface area (Å²) < 4.78 is 63.3. The molecule has 2 rings (SSSR count). The van der Waals surface area contributed by atoms with Gasteiger partial charge in [0.05, 0.1) is 23.0 Å². The smallest absolute Gasteiger partial charge is 0.193 e. The maximum atomic E-state index is 12.9. The fourth-order valence-corrected chi connectivity index (χ4v) is 9.21. The second-order valence-corrected chi connectivity index (χ2v) is 16.7. The summed E-state index contributed by atoms with van der Waals surface area (Å²) >= 11 is 0. The Balaban J connectivity index is 1.67. The summed E-state index contributed by atoms with van der Waals surface area (Å²) in [6, 6.07) is 12.1. The molecule has 0 heterocycles. The minimum absolute atomic E-state index is 0.0335. The number of ether oxygens (including phenoxy) is 2. The first kappa shape index (κ1) is 39.1. The summed E-state index contributed by atoms with van der Waals surface area (Å²) in [5.74, 6) is 1.17. The molecule has 0 aliphatic heterocycles. The lowest BCUT2D eigenvalue weighted by molar-refractivity contribution is 0.304. The first-order valence-electron chi connectivity index (χ1n) is 17.7. The zero-order valence-electron chi connectivity index (χ0n) is 28.1. The van der Waals surface area contributed by atoms with Gasteiger partial charge in [-0.25, -0.2) is 16.8 Å². The second-order valence-electron chi connectivity index (χ2n) is 12.4. The average molecular weight is 665 g/mol. The Bertz CT molecular complexity index is 1130. The lowest BCUT2D eigenvalue weighted by atomic mass is 10.1. The van der Waals surface area contributed by atoms with Crippen molar-refractivity contribution in [1.82, 2.24) is 0 Å². The second kappa shape index (κ2) is 23.3. The summed E-state index contributed by atoms with van der Waals surface area (Å²) in [6.45, 7) is 5.64. The molecule has 0 atom stereocenters. The van der Waals surface area contributed by atoms with Crippen molar-refractivity contribution in [3.05, 3.63) is 48.5 Å². The largest absolute Gasteiger partial charge is 0.494 e. The van der Waals surface area contributed by atoms with Crippen molar-refractivity contribution in [3.63, 3.8) is 0 Å². The Morgan fingerprint density at radius 2 is 0.667 bits per heavy atom. The number of unbranched alkanes of at least 4 members (excludes halogenated alkanes) is 18. The van der Waals surface area contributed by atoms with Gasteiger partial charge in [-0.15, -0.1) is 0 Å². The number of sulfone groups is 2. The van der Waals surface area contributed by atoms with Gasteiger partial charge in [0.15, 0.2) is 24.8 Å². The van der Waals surface area contributed by atoms with Gasteiger partial charge >= 0.3 is 0 Å². The normalized spacial score (nSPS) is 12.0. The fraction of sp³-hybridized carbons (Fsp3) is 0.676. The van der Waals surface area contributed by atoms with E-state index in [0.717, 1.165) is 25.7 Å². The first-order valence-corrected chi connectivity index (χ1v) is 21.0. The lowest BCUT2D eigenvalue weighted by Gasteiger charge is -2.10. The molecule has 0 saturated heterocycles. The third kappa shape index (κ3) is 17.4. The molecule has 0 spiro atoms. The van der Waals surface area contributed by atoms with E-state index in [2.05, 4.69) is 13.8 Å². The highest BCUT2D eigenvalue weighted by molar-refractivity contribution is 8.08. The predicted octanol–water partition coefficient (Wildman–Crippen LogP) is 10.5. The van der Waals surface area contributed by atoms with Crippen LogP contribution in [0.4, 0.5) is 0 Å². The maximum Gasteiger partial charge on any atom is 0.193 e. The molecular formula is C37H60O6S2. The van der Waals surface area contributed by atoms with Gasteiger partial charge in [0.1, 0.15) is 11.5 Å². The molecule has 0 fully saturated rings. The van der Waals surface area contributed by atoms with Gasteiger partial charge in [0.25, 0.3) is 0 Å². The quantitative estimate of drug-likeness (QED) is 0.0841. The van der Waals surface area contributed by atoms with Gasteiger partial charge < -0.3 is 9.47 Å². The van der Waals surface area contributed by atoms with Crippen LogP contribution in [0.25, 0.3) is 0 Å². The lowest BCUT2D eigenvalue weighted by Crippen LogP contribution is -2.17. The molecule has 0 radical (unpaired) electrons. The Morgan fingerprint density at radius 3 is 0.956 bits per heavy atom.